The summed E-state index contributed by atoms with van der Waals surface area (Å²) in [7, 11) is 0. The van der Waals surface area contributed by atoms with E-state index in [1.165, 1.54) is 18.3 Å². The molecular weight excluding hydrogens is 493 g/mol. The van der Waals surface area contributed by atoms with Gasteiger partial charge in [0, 0.05) is 35.5 Å². The number of aromatic amines is 1. The first kappa shape index (κ1) is 23.6. The van der Waals surface area contributed by atoms with Gasteiger partial charge >= 0.3 is 0 Å². The van der Waals surface area contributed by atoms with Crippen LogP contribution in [-0.4, -0.2) is 34.6 Å². The molecule has 3 aromatic rings. The lowest BCUT2D eigenvalue weighted by atomic mass is 9.81. The Labute approximate surface area is 201 Å². The summed E-state index contributed by atoms with van der Waals surface area (Å²) < 4.78 is 69.6. The van der Waals surface area contributed by atoms with Gasteiger partial charge in [-0.25, -0.2) is 22.0 Å². The SMILES string of the molecule is O=C1C(=O)C(Nc2c[nH]c3cc(F)c(F)cc23)C1Nc1cc(Cl)cc(C2CCC(F)(F)CC2)c1F. The second kappa shape index (κ2) is 8.51. The molecule has 35 heavy (non-hydrogen) atoms. The number of aromatic nitrogens is 1. The minimum atomic E-state index is -2.78. The molecule has 5 nitrogen and oxygen atoms in total. The smallest absolute Gasteiger partial charge is 0.248 e. The van der Waals surface area contributed by atoms with Gasteiger partial charge in [0.15, 0.2) is 11.6 Å². The Balaban J connectivity index is 1.39. The van der Waals surface area contributed by atoms with E-state index in [0.717, 1.165) is 12.1 Å². The van der Waals surface area contributed by atoms with Crippen LogP contribution in [0.15, 0.2) is 30.5 Å². The average Bonchev–Trinajstić information content (AvgIpc) is 3.19. The highest BCUT2D eigenvalue weighted by molar-refractivity contribution is 6.50. The van der Waals surface area contributed by atoms with E-state index in [0.29, 0.717) is 0 Å². The van der Waals surface area contributed by atoms with Crippen LogP contribution in [0.25, 0.3) is 10.9 Å². The number of Topliss-reactive ketones (excluding diaryl/α,β-unsaturated/α-hetero) is 2. The molecular formula is C24H19ClF5N3O2. The Morgan fingerprint density at radius 3 is 2.14 bits per heavy atom. The number of H-pyrrole nitrogens is 1. The summed E-state index contributed by atoms with van der Waals surface area (Å²) in [5.41, 5.74) is 0.575. The van der Waals surface area contributed by atoms with Gasteiger partial charge in [0.05, 0.1) is 16.9 Å². The summed E-state index contributed by atoms with van der Waals surface area (Å²) >= 11 is 6.16. The second-order valence-electron chi connectivity index (χ2n) is 8.97. The van der Waals surface area contributed by atoms with E-state index in [4.69, 9.17) is 11.6 Å². The first-order chi connectivity index (χ1) is 16.5. The number of hydrogen-bond acceptors (Lipinski definition) is 4. The molecule has 2 atom stereocenters. The zero-order chi connectivity index (χ0) is 25.1. The van der Waals surface area contributed by atoms with Gasteiger partial charge in [0.2, 0.25) is 17.5 Å². The van der Waals surface area contributed by atoms with Crippen molar-refractivity contribution in [2.45, 2.75) is 49.6 Å². The van der Waals surface area contributed by atoms with Crippen molar-refractivity contribution in [3.8, 4) is 0 Å². The topological polar surface area (TPSA) is 74.0 Å². The molecule has 0 saturated heterocycles. The monoisotopic (exact) mass is 511 g/mol. The zero-order valence-corrected chi connectivity index (χ0v) is 18.8. The molecule has 11 heteroatoms. The van der Waals surface area contributed by atoms with E-state index in [9.17, 15) is 27.2 Å². The second-order valence-corrected chi connectivity index (χ2v) is 9.41. The number of carbonyl (C=O) groups is 2. The van der Waals surface area contributed by atoms with Gasteiger partial charge in [0.25, 0.3) is 0 Å². The summed E-state index contributed by atoms with van der Waals surface area (Å²) in [4.78, 5) is 27.3. The number of carbonyl (C=O) groups excluding carboxylic acids is 2. The van der Waals surface area contributed by atoms with Crippen molar-refractivity contribution in [1.82, 2.24) is 4.98 Å². The fraction of sp³-hybridized carbons (Fsp3) is 0.333. The van der Waals surface area contributed by atoms with E-state index >= 15 is 4.39 Å². The maximum absolute atomic E-state index is 15.4. The molecule has 3 N–H and O–H groups in total. The van der Waals surface area contributed by atoms with Crippen LogP contribution in [0.3, 0.4) is 0 Å². The third kappa shape index (κ3) is 4.24. The highest BCUT2D eigenvalue weighted by atomic mass is 35.5. The molecule has 0 radical (unpaired) electrons. The summed E-state index contributed by atoms with van der Waals surface area (Å²) in [5, 5.41) is 5.95. The Morgan fingerprint density at radius 1 is 0.886 bits per heavy atom. The molecule has 0 amide bonds. The normalized spacial score (nSPS) is 22.3. The largest absolute Gasteiger partial charge is 0.371 e. The summed E-state index contributed by atoms with van der Waals surface area (Å²) in [6, 6.07) is 2.30. The maximum Gasteiger partial charge on any atom is 0.248 e. The number of benzene rings is 2. The highest BCUT2D eigenvalue weighted by Crippen LogP contribution is 2.43. The van der Waals surface area contributed by atoms with E-state index in [2.05, 4.69) is 15.6 Å². The van der Waals surface area contributed by atoms with Gasteiger partial charge in [-0.1, -0.05) is 11.6 Å². The highest BCUT2D eigenvalue weighted by Gasteiger charge is 2.50. The number of halogens is 6. The summed E-state index contributed by atoms with van der Waals surface area (Å²) in [6.45, 7) is 0. The first-order valence-corrected chi connectivity index (χ1v) is 11.4. The van der Waals surface area contributed by atoms with Gasteiger partial charge in [0.1, 0.15) is 17.9 Å². The summed E-state index contributed by atoms with van der Waals surface area (Å²) in [5.74, 6) is -7.65. The number of hydrogen-bond donors (Lipinski definition) is 3. The van der Waals surface area contributed by atoms with Crippen LogP contribution >= 0.6 is 11.6 Å². The lowest BCUT2D eigenvalue weighted by Crippen LogP contribution is -2.64. The molecule has 0 bridgehead atoms. The van der Waals surface area contributed by atoms with Crippen molar-refractivity contribution in [1.29, 1.82) is 0 Å². The van der Waals surface area contributed by atoms with E-state index < -0.39 is 52.9 Å². The first-order valence-electron chi connectivity index (χ1n) is 11.0. The third-order valence-electron chi connectivity index (χ3n) is 6.71. The lowest BCUT2D eigenvalue weighted by molar-refractivity contribution is -0.144. The van der Waals surface area contributed by atoms with Crippen LogP contribution in [0.5, 0.6) is 0 Å². The number of alkyl halides is 2. The maximum atomic E-state index is 15.4. The van der Waals surface area contributed by atoms with Gasteiger partial charge in [-0.05, 0) is 42.5 Å². The van der Waals surface area contributed by atoms with Gasteiger partial charge < -0.3 is 15.6 Å². The molecule has 5 rings (SSSR count). The van der Waals surface area contributed by atoms with Crippen LogP contribution in [0.2, 0.25) is 5.02 Å². The predicted octanol–water partition coefficient (Wildman–Crippen LogP) is 5.94. The van der Waals surface area contributed by atoms with Gasteiger partial charge in [-0.3, -0.25) is 9.59 Å². The average molecular weight is 512 g/mol. The molecule has 0 aliphatic heterocycles. The number of rotatable bonds is 5. The minimum absolute atomic E-state index is 0.0897. The molecule has 2 unspecified atom stereocenters. The Bertz CT molecular complexity index is 1350. The van der Waals surface area contributed by atoms with Gasteiger partial charge in [-0.15, -0.1) is 0 Å². The Morgan fingerprint density at radius 2 is 1.49 bits per heavy atom. The quantitative estimate of drug-likeness (QED) is 0.292. The van der Waals surface area contributed by atoms with Gasteiger partial charge in [-0.2, -0.15) is 0 Å². The van der Waals surface area contributed by atoms with E-state index in [1.54, 1.807) is 0 Å². The van der Waals surface area contributed by atoms with Crippen LogP contribution in [0.4, 0.5) is 33.3 Å². The van der Waals surface area contributed by atoms with E-state index in [-0.39, 0.29) is 58.5 Å². The molecule has 2 aliphatic carbocycles. The number of ketones is 2. The van der Waals surface area contributed by atoms with E-state index in [1.807, 2.05) is 0 Å². The van der Waals surface area contributed by atoms with Crippen LogP contribution < -0.4 is 10.6 Å². The molecule has 2 aliphatic rings. The Kier molecular flexibility index (Phi) is 5.74. The number of fused-ring (bicyclic) bond motifs is 1. The van der Waals surface area contributed by atoms with Crippen LogP contribution in [0, 0.1) is 17.5 Å². The fourth-order valence-electron chi connectivity index (χ4n) is 4.75. The third-order valence-corrected chi connectivity index (χ3v) is 6.93. The number of anilines is 2. The standard InChI is InChI=1S/C24H19ClF5N3O2/c25-11-5-12(10-1-3-24(29,30)4-2-10)19(28)17(6-11)32-20-21(23(35)22(20)34)33-18-9-31-16-8-15(27)14(26)7-13(16)18/h5-10,20-21,31-33H,1-4H2. The van der Waals surface area contributed by atoms with Crippen molar-refractivity contribution in [2.75, 3.05) is 10.6 Å². The molecule has 1 heterocycles. The van der Waals surface area contributed by atoms with Crippen LogP contribution in [0.1, 0.15) is 37.2 Å². The molecule has 184 valence electrons. The molecule has 2 saturated carbocycles. The minimum Gasteiger partial charge on any atom is -0.371 e. The molecule has 0 spiro atoms. The Hall–Kier alpha value is -3.14. The van der Waals surface area contributed by atoms with Crippen LogP contribution in [-0.2, 0) is 9.59 Å². The predicted molar refractivity (Wildman–Crippen MR) is 121 cm³/mol. The summed E-state index contributed by atoms with van der Waals surface area (Å²) in [6.07, 6.45) is 0.860. The van der Waals surface area contributed by atoms with Crippen molar-refractivity contribution in [2.24, 2.45) is 0 Å². The van der Waals surface area contributed by atoms with Crippen molar-refractivity contribution >= 4 is 45.4 Å². The van der Waals surface area contributed by atoms with Crippen molar-refractivity contribution in [3.05, 3.63) is 58.5 Å². The lowest BCUT2D eigenvalue weighted by Gasteiger charge is -2.35. The fourth-order valence-corrected chi connectivity index (χ4v) is 4.97. The van der Waals surface area contributed by atoms with Crippen molar-refractivity contribution in [3.63, 3.8) is 0 Å². The van der Waals surface area contributed by atoms with Crippen molar-refractivity contribution < 1.29 is 31.5 Å². The molecule has 2 aromatic carbocycles. The zero-order valence-electron chi connectivity index (χ0n) is 18.0. The number of nitrogens with one attached hydrogen (secondary N) is 3. The molecule has 1 aromatic heterocycles. The molecule has 2 fully saturated rings.